The molecular weight excluding hydrogens is 340 g/mol. The Morgan fingerprint density at radius 2 is 1.81 bits per heavy atom. The standard InChI is InChI=1S/C22H34N2O3/c1-5-12-19(24(6-2)15-9-7-8-10-16-24)21(25)23-20-17(3)13-11-14-18(20)22(26)27-4/h11,13-14,19H,5-10,12,15-16H2,1-4H3/p+1. The third-order valence-electron chi connectivity index (χ3n) is 6.04. The molecule has 1 aromatic rings. The van der Waals surface area contributed by atoms with E-state index >= 15 is 0 Å². The van der Waals surface area contributed by atoms with E-state index in [4.69, 9.17) is 4.74 Å². The van der Waals surface area contributed by atoms with Crippen LogP contribution in [0.2, 0.25) is 0 Å². The fourth-order valence-corrected chi connectivity index (χ4v) is 4.41. The van der Waals surface area contributed by atoms with Crippen molar-refractivity contribution in [3.05, 3.63) is 29.3 Å². The summed E-state index contributed by atoms with van der Waals surface area (Å²) in [4.78, 5) is 25.6. The smallest absolute Gasteiger partial charge is 0.339 e. The summed E-state index contributed by atoms with van der Waals surface area (Å²) in [5.74, 6) is -0.393. The molecule has 1 aliphatic heterocycles. The summed E-state index contributed by atoms with van der Waals surface area (Å²) in [7, 11) is 1.37. The zero-order valence-electron chi connectivity index (χ0n) is 17.3. The summed E-state index contributed by atoms with van der Waals surface area (Å²) in [5.41, 5.74) is 1.87. The van der Waals surface area contributed by atoms with Crippen molar-refractivity contribution in [3.8, 4) is 0 Å². The van der Waals surface area contributed by atoms with E-state index in [0.29, 0.717) is 11.3 Å². The van der Waals surface area contributed by atoms with Crippen molar-refractivity contribution < 1.29 is 18.8 Å². The molecule has 1 saturated heterocycles. The van der Waals surface area contributed by atoms with E-state index in [2.05, 4.69) is 19.2 Å². The van der Waals surface area contributed by atoms with Crippen LogP contribution in [0.5, 0.6) is 0 Å². The molecule has 1 aliphatic rings. The van der Waals surface area contributed by atoms with Crippen LogP contribution >= 0.6 is 0 Å². The molecule has 1 N–H and O–H groups in total. The number of benzene rings is 1. The molecule has 5 heteroatoms. The summed E-state index contributed by atoms with van der Waals surface area (Å²) >= 11 is 0. The molecule has 150 valence electrons. The van der Waals surface area contributed by atoms with Gasteiger partial charge in [-0.25, -0.2) is 4.79 Å². The molecule has 1 heterocycles. The Bertz CT molecular complexity index is 649. The van der Waals surface area contributed by atoms with Crippen molar-refractivity contribution in [1.82, 2.24) is 0 Å². The molecule has 0 bridgehead atoms. The Hall–Kier alpha value is -1.88. The number of hydrogen-bond acceptors (Lipinski definition) is 3. The number of methoxy groups -OCH3 is 1. The number of carbonyl (C=O) groups excluding carboxylic acids is 2. The Labute approximate surface area is 163 Å². The van der Waals surface area contributed by atoms with Crippen molar-refractivity contribution in [3.63, 3.8) is 0 Å². The van der Waals surface area contributed by atoms with E-state index in [1.807, 2.05) is 19.1 Å². The average Bonchev–Trinajstić information content (AvgIpc) is 2.93. The Morgan fingerprint density at radius 1 is 1.15 bits per heavy atom. The lowest BCUT2D eigenvalue weighted by Gasteiger charge is -2.43. The van der Waals surface area contributed by atoms with E-state index in [1.54, 1.807) is 6.07 Å². The first kappa shape index (κ1) is 21.4. The Kier molecular flexibility index (Phi) is 7.84. The number of likely N-dealkylation sites (tertiary alicyclic amines) is 1. The van der Waals surface area contributed by atoms with E-state index in [1.165, 1.54) is 32.8 Å². The molecule has 1 unspecified atom stereocenters. The lowest BCUT2D eigenvalue weighted by atomic mass is 10.0. The van der Waals surface area contributed by atoms with Gasteiger partial charge in [-0.3, -0.25) is 4.79 Å². The first-order chi connectivity index (χ1) is 13.0. The highest BCUT2D eigenvalue weighted by Crippen LogP contribution is 2.28. The van der Waals surface area contributed by atoms with Gasteiger partial charge in [0.2, 0.25) is 0 Å². The summed E-state index contributed by atoms with van der Waals surface area (Å²) in [6.07, 6.45) is 6.70. The number of rotatable bonds is 7. The lowest BCUT2D eigenvalue weighted by Crippen LogP contribution is -2.60. The number of hydrogen-bond donors (Lipinski definition) is 1. The molecule has 0 aromatic heterocycles. The molecule has 1 aromatic carbocycles. The average molecular weight is 376 g/mol. The number of quaternary nitrogens is 1. The number of nitrogens with one attached hydrogen (secondary N) is 1. The van der Waals surface area contributed by atoms with Gasteiger partial charge in [-0.1, -0.05) is 19.1 Å². The van der Waals surface area contributed by atoms with Crippen molar-refractivity contribution in [2.45, 2.75) is 65.3 Å². The zero-order chi connectivity index (χ0) is 19.9. The minimum absolute atomic E-state index is 0.0278. The number of para-hydroxylation sites is 1. The molecule has 1 fully saturated rings. The van der Waals surface area contributed by atoms with Gasteiger partial charge >= 0.3 is 5.97 Å². The molecule has 2 rings (SSSR count). The van der Waals surface area contributed by atoms with Crippen LogP contribution in [0.3, 0.4) is 0 Å². The fraction of sp³-hybridized carbons (Fsp3) is 0.636. The van der Waals surface area contributed by atoms with E-state index < -0.39 is 5.97 Å². The molecule has 0 saturated carbocycles. The predicted octanol–water partition coefficient (Wildman–Crippen LogP) is 4.30. The minimum Gasteiger partial charge on any atom is -0.465 e. The van der Waals surface area contributed by atoms with E-state index in [-0.39, 0.29) is 11.9 Å². The molecular formula is C22H35N2O3+. The molecule has 0 aliphatic carbocycles. The van der Waals surface area contributed by atoms with Crippen LogP contribution in [0.25, 0.3) is 0 Å². The third-order valence-corrected chi connectivity index (χ3v) is 6.04. The lowest BCUT2D eigenvalue weighted by molar-refractivity contribution is -0.940. The largest absolute Gasteiger partial charge is 0.465 e. The van der Waals surface area contributed by atoms with E-state index in [0.717, 1.165) is 42.5 Å². The van der Waals surface area contributed by atoms with Gasteiger partial charge in [0.15, 0.2) is 6.04 Å². The SMILES string of the molecule is CCCC(C(=O)Nc1c(C)cccc1C(=O)OC)[N+]1(CC)CCCCCC1. The maximum atomic E-state index is 13.4. The number of amides is 1. The van der Waals surface area contributed by atoms with Crippen molar-refractivity contribution in [2.24, 2.45) is 0 Å². The highest BCUT2D eigenvalue weighted by molar-refractivity contribution is 6.03. The summed E-state index contributed by atoms with van der Waals surface area (Å²) in [5, 5.41) is 3.10. The topological polar surface area (TPSA) is 55.4 Å². The molecule has 1 amide bonds. The van der Waals surface area contributed by atoms with Crippen molar-refractivity contribution in [1.29, 1.82) is 0 Å². The quantitative estimate of drug-likeness (QED) is 0.571. The second-order valence-corrected chi connectivity index (χ2v) is 7.68. The van der Waals surface area contributed by atoms with Crippen molar-refractivity contribution >= 4 is 17.6 Å². The Balaban J connectivity index is 2.34. The minimum atomic E-state index is -0.421. The molecule has 1 atom stereocenters. The van der Waals surface area contributed by atoms with Gasteiger partial charge in [-0.05, 0) is 57.6 Å². The monoisotopic (exact) mass is 375 g/mol. The zero-order valence-corrected chi connectivity index (χ0v) is 17.3. The van der Waals surface area contributed by atoms with Crippen LogP contribution in [0.1, 0.15) is 68.3 Å². The normalized spacial score (nSPS) is 17.6. The fourth-order valence-electron chi connectivity index (χ4n) is 4.41. The highest BCUT2D eigenvalue weighted by Gasteiger charge is 2.40. The van der Waals surface area contributed by atoms with Crippen LogP contribution in [0.4, 0.5) is 5.69 Å². The number of aryl methyl sites for hydroxylation is 1. The van der Waals surface area contributed by atoms with Crippen LogP contribution in [0, 0.1) is 6.92 Å². The third kappa shape index (κ3) is 4.89. The number of ether oxygens (including phenoxy) is 1. The first-order valence-corrected chi connectivity index (χ1v) is 10.3. The summed E-state index contributed by atoms with van der Waals surface area (Å²) in [6.45, 7) is 9.34. The number of likely N-dealkylation sites (N-methyl/N-ethyl adjacent to an activating group) is 1. The number of carbonyl (C=O) groups is 2. The predicted molar refractivity (Wildman–Crippen MR) is 109 cm³/mol. The highest BCUT2D eigenvalue weighted by atomic mass is 16.5. The van der Waals surface area contributed by atoms with Gasteiger partial charge in [0.1, 0.15) is 0 Å². The van der Waals surface area contributed by atoms with Crippen molar-refractivity contribution in [2.75, 3.05) is 32.1 Å². The molecule has 27 heavy (non-hydrogen) atoms. The maximum Gasteiger partial charge on any atom is 0.339 e. The van der Waals surface area contributed by atoms with Gasteiger partial charge in [0.25, 0.3) is 5.91 Å². The van der Waals surface area contributed by atoms with Gasteiger partial charge in [-0.2, -0.15) is 0 Å². The molecule has 0 spiro atoms. The van der Waals surface area contributed by atoms with Gasteiger partial charge in [0.05, 0.1) is 38.0 Å². The van der Waals surface area contributed by atoms with Crippen LogP contribution < -0.4 is 5.32 Å². The number of nitrogens with zero attached hydrogens (tertiary/aromatic N) is 1. The maximum absolute atomic E-state index is 13.4. The number of anilines is 1. The van der Waals surface area contributed by atoms with Crippen LogP contribution in [-0.4, -0.2) is 49.1 Å². The molecule has 5 nitrogen and oxygen atoms in total. The van der Waals surface area contributed by atoms with Crippen LogP contribution in [-0.2, 0) is 9.53 Å². The second-order valence-electron chi connectivity index (χ2n) is 7.68. The van der Waals surface area contributed by atoms with Crippen LogP contribution in [0.15, 0.2) is 18.2 Å². The van der Waals surface area contributed by atoms with Gasteiger partial charge in [0, 0.05) is 6.42 Å². The summed E-state index contributed by atoms with van der Waals surface area (Å²) in [6, 6.07) is 5.35. The van der Waals surface area contributed by atoms with Gasteiger partial charge < -0.3 is 14.5 Å². The Morgan fingerprint density at radius 3 is 2.37 bits per heavy atom. The number of esters is 1. The second kappa shape index (κ2) is 9.88. The first-order valence-electron chi connectivity index (χ1n) is 10.3. The summed E-state index contributed by atoms with van der Waals surface area (Å²) < 4.78 is 5.76. The van der Waals surface area contributed by atoms with Gasteiger partial charge in [-0.15, -0.1) is 0 Å². The van der Waals surface area contributed by atoms with E-state index in [9.17, 15) is 9.59 Å². The molecule has 0 radical (unpaired) electrons.